The first-order chi connectivity index (χ1) is 27.9. The molecule has 18 nitrogen and oxygen atoms in total. The maximum absolute atomic E-state index is 12.8. The molecule has 0 atom stereocenters. The zero-order chi connectivity index (χ0) is 40.3. The van der Waals surface area contributed by atoms with Crippen molar-refractivity contribution in [3.8, 4) is 28.6 Å². The molecule has 0 saturated heterocycles. The molecule has 0 bridgehead atoms. The number of ether oxygens (including phenoxy) is 1. The number of aromatic amines is 1. The van der Waals surface area contributed by atoms with E-state index in [9.17, 15) is 4.79 Å². The maximum Gasteiger partial charge on any atom is 0.419 e. The van der Waals surface area contributed by atoms with E-state index in [0.29, 0.717) is 60.8 Å². The Labute approximate surface area is 336 Å². The Bertz CT molecular complexity index is 3140. The van der Waals surface area contributed by atoms with Crippen LogP contribution in [0.4, 0.5) is 16.7 Å². The van der Waals surface area contributed by atoms with Gasteiger partial charge in [-0.15, -0.1) is 10.2 Å². The van der Waals surface area contributed by atoms with Gasteiger partial charge >= 0.3 is 6.09 Å². The minimum Gasteiger partial charge on any atom is -0.463 e. The molecule has 0 saturated carbocycles. The van der Waals surface area contributed by atoms with E-state index < -0.39 is 11.7 Å². The fourth-order valence-corrected chi connectivity index (χ4v) is 6.97. The highest BCUT2D eigenvalue weighted by molar-refractivity contribution is 6.32. The number of aromatic nitrogens is 12. The van der Waals surface area contributed by atoms with Crippen molar-refractivity contribution in [2.24, 2.45) is 0 Å². The molecule has 58 heavy (non-hydrogen) atoms. The molecule has 20 heteroatoms. The Morgan fingerprint density at radius 2 is 1.45 bits per heavy atom. The number of benzene rings is 2. The topological polar surface area (TPSA) is 238 Å². The number of nitrogens with one attached hydrogen (secondary N) is 1. The first-order valence-electron chi connectivity index (χ1n) is 17.5. The Morgan fingerprint density at radius 3 is 2.12 bits per heavy atom. The number of fused-ring (bicyclic) bond motifs is 4. The molecule has 0 spiro atoms. The monoisotopic (exact) mass is 816 g/mol. The summed E-state index contributed by atoms with van der Waals surface area (Å²) in [7, 11) is 0. The second-order valence-electron chi connectivity index (χ2n) is 13.9. The Balaban J connectivity index is 0.000000156. The lowest BCUT2D eigenvalue weighted by molar-refractivity contribution is 0.0544. The molecular formula is C38H30Cl2N14O4. The number of hydrogen-bond donors (Lipinski definition) is 3. The number of nitrogens with two attached hydrogens (primary N) is 2. The third-order valence-electron chi connectivity index (χ3n) is 8.78. The maximum atomic E-state index is 12.8. The second kappa shape index (κ2) is 14.0. The fourth-order valence-electron chi connectivity index (χ4n) is 6.50. The van der Waals surface area contributed by atoms with Crippen molar-refractivity contribution >= 4 is 85.3 Å². The average molecular weight is 818 g/mol. The minimum absolute atomic E-state index is 0.0609. The standard InChI is InChI=1S/C22H20ClN7O3.C16H10ClN7O/c1-22(2,3)33-21(31)29-7-6-12-9-14(23)10-13(18(12)29)11-30-19-17(27-28-30)16(25-20(24)26-19)15-5-4-8-32-15;17-9-6-8-3-4-19-12(8)10(7-9)24-15-14(22-23-24)13(20-16(18)21-15)11-2-1-5-25-11/h4-10H,11H2,1-3H3,(H2,24,25,26);1-7,19H,(H2,18,20,21). The van der Waals surface area contributed by atoms with Crippen molar-refractivity contribution in [3.05, 3.63) is 101 Å². The van der Waals surface area contributed by atoms with Gasteiger partial charge < -0.3 is 30.0 Å². The van der Waals surface area contributed by atoms with Crippen LogP contribution in [0, 0.1) is 0 Å². The summed E-state index contributed by atoms with van der Waals surface area (Å²) >= 11 is 12.6. The highest BCUT2D eigenvalue weighted by atomic mass is 35.5. The van der Waals surface area contributed by atoms with E-state index >= 15 is 0 Å². The van der Waals surface area contributed by atoms with Gasteiger partial charge in [0.05, 0.1) is 35.8 Å². The molecule has 0 aliphatic carbocycles. The molecule has 8 heterocycles. The normalized spacial score (nSPS) is 11.8. The molecule has 8 aromatic heterocycles. The predicted octanol–water partition coefficient (Wildman–Crippen LogP) is 7.69. The van der Waals surface area contributed by atoms with E-state index in [0.717, 1.165) is 27.5 Å². The van der Waals surface area contributed by atoms with E-state index in [2.05, 4.69) is 45.5 Å². The summed E-state index contributed by atoms with van der Waals surface area (Å²) < 4.78 is 21.1. The molecule has 10 rings (SSSR count). The molecule has 0 unspecified atom stereocenters. The summed E-state index contributed by atoms with van der Waals surface area (Å²) in [5, 5.41) is 19.8. The predicted molar refractivity (Wildman–Crippen MR) is 216 cm³/mol. The molecule has 0 radical (unpaired) electrons. The van der Waals surface area contributed by atoms with Gasteiger partial charge in [0, 0.05) is 38.8 Å². The van der Waals surface area contributed by atoms with Crippen LogP contribution in [0.2, 0.25) is 10.0 Å². The number of H-pyrrole nitrogens is 1. The van der Waals surface area contributed by atoms with Crippen molar-refractivity contribution in [3.63, 3.8) is 0 Å². The number of carbonyl (C=O) groups is 1. The van der Waals surface area contributed by atoms with Crippen molar-refractivity contribution in [1.82, 2.24) is 59.5 Å². The van der Waals surface area contributed by atoms with Crippen molar-refractivity contribution in [1.29, 1.82) is 0 Å². The Hall–Kier alpha value is -7.31. The zero-order valence-electron chi connectivity index (χ0n) is 30.8. The lowest BCUT2D eigenvalue weighted by Gasteiger charge is -2.20. The van der Waals surface area contributed by atoms with Crippen molar-refractivity contribution in [2.45, 2.75) is 32.9 Å². The number of rotatable bonds is 5. The van der Waals surface area contributed by atoms with Crippen LogP contribution < -0.4 is 11.5 Å². The Kier molecular flexibility index (Phi) is 8.78. The lowest BCUT2D eigenvalue weighted by atomic mass is 10.1. The van der Waals surface area contributed by atoms with Gasteiger partial charge in [-0.2, -0.15) is 14.6 Å². The molecule has 0 aliphatic rings. The van der Waals surface area contributed by atoms with Gasteiger partial charge in [-0.05, 0) is 81.4 Å². The molecule has 5 N–H and O–H groups in total. The van der Waals surface area contributed by atoms with E-state index in [1.54, 1.807) is 64.3 Å². The highest BCUT2D eigenvalue weighted by Gasteiger charge is 2.23. The number of anilines is 2. The van der Waals surface area contributed by atoms with E-state index in [-0.39, 0.29) is 18.4 Å². The summed E-state index contributed by atoms with van der Waals surface area (Å²) in [4.78, 5) is 33.2. The molecule has 0 aliphatic heterocycles. The number of furan rings is 2. The number of nitrogens with zero attached hydrogens (tertiary/aromatic N) is 11. The van der Waals surface area contributed by atoms with E-state index in [1.165, 1.54) is 10.8 Å². The van der Waals surface area contributed by atoms with Crippen LogP contribution >= 0.6 is 23.2 Å². The largest absolute Gasteiger partial charge is 0.463 e. The van der Waals surface area contributed by atoms with Crippen molar-refractivity contribution in [2.75, 3.05) is 11.5 Å². The smallest absolute Gasteiger partial charge is 0.419 e. The molecular weight excluding hydrogens is 787 g/mol. The number of nitrogen functional groups attached to an aromatic ring is 2. The fraction of sp³-hybridized carbons (Fsp3) is 0.132. The summed E-state index contributed by atoms with van der Waals surface area (Å²) in [5.74, 6) is 1.21. The first-order valence-corrected chi connectivity index (χ1v) is 18.3. The summed E-state index contributed by atoms with van der Waals surface area (Å²) in [6.07, 6.45) is 6.10. The van der Waals surface area contributed by atoms with Crippen LogP contribution in [0.25, 0.3) is 72.7 Å². The van der Waals surface area contributed by atoms with Crippen LogP contribution in [-0.4, -0.2) is 71.2 Å². The van der Waals surface area contributed by atoms with Gasteiger partial charge in [-0.25, -0.2) is 19.4 Å². The van der Waals surface area contributed by atoms with Gasteiger partial charge in [-0.1, -0.05) is 33.6 Å². The van der Waals surface area contributed by atoms with E-state index in [4.69, 9.17) is 48.2 Å². The number of hydrogen-bond acceptors (Lipinski definition) is 14. The molecule has 10 aromatic rings. The van der Waals surface area contributed by atoms with Gasteiger partial charge in [0.15, 0.2) is 33.8 Å². The van der Waals surface area contributed by atoms with Crippen LogP contribution in [0.1, 0.15) is 26.3 Å². The lowest BCUT2D eigenvalue weighted by Crippen LogP contribution is -2.27. The molecule has 2 aromatic carbocycles. The van der Waals surface area contributed by atoms with Crippen LogP contribution in [-0.2, 0) is 11.3 Å². The molecule has 290 valence electrons. The van der Waals surface area contributed by atoms with Crippen LogP contribution in [0.3, 0.4) is 0 Å². The third kappa shape index (κ3) is 6.69. The Morgan fingerprint density at radius 1 is 0.810 bits per heavy atom. The quantitative estimate of drug-likeness (QED) is 0.151. The summed E-state index contributed by atoms with van der Waals surface area (Å²) in [5.41, 5.74) is 17.0. The van der Waals surface area contributed by atoms with Gasteiger partial charge in [0.2, 0.25) is 11.9 Å². The number of halogens is 2. The third-order valence-corrected chi connectivity index (χ3v) is 9.21. The SMILES string of the molecule is CC(C)(C)OC(=O)n1ccc2cc(Cl)cc(Cn3nnc4c(-c5ccco5)nc(N)nc43)c21.Nc1nc(-c2ccco2)c2nnn(-c3cc(Cl)cc4cc[nH]c34)c2n1. The molecule has 0 amide bonds. The highest BCUT2D eigenvalue weighted by Crippen LogP contribution is 2.32. The number of carbonyl (C=O) groups excluding carboxylic acids is 1. The van der Waals surface area contributed by atoms with Gasteiger partial charge in [-0.3, -0.25) is 4.57 Å². The summed E-state index contributed by atoms with van der Waals surface area (Å²) in [6, 6.07) is 18.0. The van der Waals surface area contributed by atoms with Gasteiger partial charge in [0.25, 0.3) is 0 Å². The van der Waals surface area contributed by atoms with Crippen LogP contribution in [0.5, 0.6) is 0 Å². The van der Waals surface area contributed by atoms with E-state index in [1.807, 2.05) is 45.2 Å². The molecule has 0 fully saturated rings. The summed E-state index contributed by atoms with van der Waals surface area (Å²) in [6.45, 7) is 5.68. The minimum atomic E-state index is -0.640. The average Bonchev–Trinajstić information content (AvgIpc) is 4.02. The van der Waals surface area contributed by atoms with Crippen LogP contribution in [0.15, 0.2) is 94.4 Å². The second-order valence-corrected chi connectivity index (χ2v) is 14.8. The first kappa shape index (κ1) is 36.3. The van der Waals surface area contributed by atoms with Gasteiger partial charge in [0.1, 0.15) is 17.0 Å². The zero-order valence-corrected chi connectivity index (χ0v) is 32.3. The van der Waals surface area contributed by atoms with Crippen molar-refractivity contribution < 1.29 is 18.4 Å².